The second-order valence-electron chi connectivity index (χ2n) is 7.09. The number of hydrogen-bond acceptors (Lipinski definition) is 5. The summed E-state index contributed by atoms with van der Waals surface area (Å²) in [4.78, 5) is 23.1. The molecule has 0 N–H and O–H groups in total. The van der Waals surface area contributed by atoms with Crippen molar-refractivity contribution in [2.75, 3.05) is 0 Å². The molecule has 0 radical (unpaired) electrons. The van der Waals surface area contributed by atoms with Crippen LogP contribution in [-0.2, 0) is 9.59 Å². The molecule has 3 rings (SSSR count). The van der Waals surface area contributed by atoms with Gasteiger partial charge < -0.3 is 13.9 Å². The zero-order valence-corrected chi connectivity index (χ0v) is 17.7. The normalized spacial score (nSPS) is 10.7. The molecule has 3 aromatic rings. The summed E-state index contributed by atoms with van der Waals surface area (Å²) >= 11 is 0. The van der Waals surface area contributed by atoms with Gasteiger partial charge >= 0.3 is 11.9 Å². The fourth-order valence-electron chi connectivity index (χ4n) is 2.56. The third-order valence-electron chi connectivity index (χ3n) is 4.27. The number of hydrogen-bond donors (Lipinski definition) is 0. The first-order valence-corrected chi connectivity index (χ1v) is 9.66. The first kappa shape index (κ1) is 22.5. The van der Waals surface area contributed by atoms with Crippen LogP contribution in [0.2, 0.25) is 0 Å². The van der Waals surface area contributed by atoms with E-state index in [0.717, 1.165) is 11.6 Å². The third kappa shape index (κ3) is 5.70. The summed E-state index contributed by atoms with van der Waals surface area (Å²) in [6, 6.07) is 14.4. The Morgan fingerprint density at radius 3 is 2.03 bits per heavy atom. The Labute approximate surface area is 185 Å². The quantitative estimate of drug-likeness (QED) is 0.252. The van der Waals surface area contributed by atoms with E-state index in [0.29, 0.717) is 22.8 Å². The van der Waals surface area contributed by atoms with Crippen molar-refractivity contribution >= 4 is 24.1 Å². The van der Waals surface area contributed by atoms with Gasteiger partial charge in [0.15, 0.2) is 0 Å². The van der Waals surface area contributed by atoms with Crippen LogP contribution in [0.25, 0.3) is 23.5 Å². The lowest BCUT2D eigenvalue weighted by Gasteiger charge is -2.05. The number of rotatable bonds is 7. The second kappa shape index (κ2) is 9.75. The van der Waals surface area contributed by atoms with Crippen LogP contribution < -0.4 is 9.47 Å². The van der Waals surface area contributed by atoms with E-state index in [4.69, 9.17) is 13.9 Å². The zero-order chi connectivity index (χ0) is 23.3. The van der Waals surface area contributed by atoms with Crippen molar-refractivity contribution in [3.05, 3.63) is 96.0 Å². The molecule has 5 nitrogen and oxygen atoms in total. The maximum atomic E-state index is 14.5. The molecule has 0 bridgehead atoms. The molecule has 1 heterocycles. The number of ether oxygens (including phenoxy) is 2. The van der Waals surface area contributed by atoms with Gasteiger partial charge in [0.25, 0.3) is 0 Å². The number of carbonyl (C=O) groups is 2. The zero-order valence-electron chi connectivity index (χ0n) is 17.7. The summed E-state index contributed by atoms with van der Waals surface area (Å²) in [5, 5.41) is 0. The highest BCUT2D eigenvalue weighted by Crippen LogP contribution is 2.29. The Morgan fingerprint density at radius 1 is 0.844 bits per heavy atom. The average molecular weight is 432 g/mol. The van der Waals surface area contributed by atoms with Crippen LogP contribution in [0.4, 0.5) is 4.39 Å². The summed E-state index contributed by atoms with van der Waals surface area (Å²) in [5.41, 5.74) is 1.64. The van der Waals surface area contributed by atoms with Gasteiger partial charge in [-0.15, -0.1) is 0 Å². The lowest BCUT2D eigenvalue weighted by atomic mass is 10.1. The van der Waals surface area contributed by atoms with E-state index >= 15 is 0 Å². The Bertz CT molecular complexity index is 1220. The Morgan fingerprint density at radius 2 is 1.44 bits per heavy atom. The Hall–Kier alpha value is -4.19. The molecule has 0 fully saturated rings. The van der Waals surface area contributed by atoms with Gasteiger partial charge in [-0.2, -0.15) is 0 Å². The van der Waals surface area contributed by atoms with Gasteiger partial charge in [-0.1, -0.05) is 31.4 Å². The average Bonchev–Trinajstić information content (AvgIpc) is 3.22. The molecule has 0 saturated carbocycles. The molecule has 6 heteroatoms. The van der Waals surface area contributed by atoms with Crippen LogP contribution in [0, 0.1) is 5.82 Å². The molecule has 0 unspecified atom stereocenters. The van der Waals surface area contributed by atoms with Gasteiger partial charge in [0.1, 0.15) is 28.8 Å². The molecular formula is C26H21FO5. The minimum Gasteiger partial charge on any atom is -0.457 e. The van der Waals surface area contributed by atoms with Crippen LogP contribution in [0.15, 0.2) is 83.3 Å². The van der Waals surface area contributed by atoms with Crippen molar-refractivity contribution in [2.24, 2.45) is 0 Å². The molecular weight excluding hydrogens is 411 g/mol. The minimum absolute atomic E-state index is 0.0864. The highest BCUT2D eigenvalue weighted by Gasteiger charge is 2.13. The first-order valence-electron chi connectivity index (χ1n) is 9.66. The summed E-state index contributed by atoms with van der Waals surface area (Å²) in [5.74, 6) is -0.319. The van der Waals surface area contributed by atoms with Crippen LogP contribution in [0.1, 0.15) is 25.2 Å². The molecule has 162 valence electrons. The van der Waals surface area contributed by atoms with Gasteiger partial charge in [0.05, 0.1) is 5.56 Å². The molecule has 0 aliphatic carbocycles. The van der Waals surface area contributed by atoms with Gasteiger partial charge in [-0.25, -0.2) is 14.0 Å². The van der Waals surface area contributed by atoms with E-state index in [1.807, 2.05) is 6.08 Å². The van der Waals surface area contributed by atoms with Crippen LogP contribution in [0.3, 0.4) is 0 Å². The maximum absolute atomic E-state index is 14.5. The van der Waals surface area contributed by atoms with Crippen molar-refractivity contribution in [3.8, 4) is 22.8 Å². The number of furan rings is 1. The lowest BCUT2D eigenvalue weighted by molar-refractivity contribution is -0.130. The molecule has 32 heavy (non-hydrogen) atoms. The SMILES string of the molecule is C=C(C)C(=O)Oc1ccc(/C=C/c2ccc(-c3ccc(OC(=O)C(=C)C)cc3F)o2)cc1. The molecule has 0 amide bonds. The fraction of sp³-hybridized carbons (Fsp3) is 0.0769. The van der Waals surface area contributed by atoms with Gasteiger partial charge in [0, 0.05) is 17.2 Å². The Balaban J connectivity index is 1.69. The van der Waals surface area contributed by atoms with Crippen molar-refractivity contribution in [1.29, 1.82) is 0 Å². The lowest BCUT2D eigenvalue weighted by Crippen LogP contribution is -2.08. The molecule has 1 aromatic heterocycles. The van der Waals surface area contributed by atoms with Gasteiger partial charge in [-0.05, 0) is 61.9 Å². The van der Waals surface area contributed by atoms with Crippen molar-refractivity contribution in [3.63, 3.8) is 0 Å². The Kier molecular flexibility index (Phi) is 6.85. The fourth-order valence-corrected chi connectivity index (χ4v) is 2.56. The number of halogens is 1. The van der Waals surface area contributed by atoms with E-state index in [-0.39, 0.29) is 16.9 Å². The van der Waals surface area contributed by atoms with E-state index in [2.05, 4.69) is 13.2 Å². The predicted molar refractivity (Wildman–Crippen MR) is 120 cm³/mol. The highest BCUT2D eigenvalue weighted by molar-refractivity contribution is 5.89. The van der Waals surface area contributed by atoms with Crippen molar-refractivity contribution in [2.45, 2.75) is 13.8 Å². The standard InChI is InChI=1S/C26H21FO5/c1-16(2)25(28)31-20-9-6-18(7-10-20)5-8-19-12-14-24(30-19)22-13-11-21(15-23(22)27)32-26(29)17(3)4/h5-15H,1,3H2,2,4H3/b8-5+. The summed E-state index contributed by atoms with van der Waals surface area (Å²) in [6.07, 6.45) is 3.54. The molecule has 0 aliphatic rings. The van der Waals surface area contributed by atoms with E-state index < -0.39 is 17.8 Å². The summed E-state index contributed by atoms with van der Waals surface area (Å²) < 4.78 is 30.4. The smallest absolute Gasteiger partial charge is 0.338 e. The molecule has 2 aromatic carbocycles. The number of benzene rings is 2. The van der Waals surface area contributed by atoms with Crippen molar-refractivity contribution < 1.29 is 27.9 Å². The summed E-state index contributed by atoms with van der Waals surface area (Å²) in [7, 11) is 0. The number of carbonyl (C=O) groups excluding carboxylic acids is 2. The topological polar surface area (TPSA) is 65.7 Å². The largest absolute Gasteiger partial charge is 0.457 e. The van der Waals surface area contributed by atoms with E-state index in [1.54, 1.807) is 49.4 Å². The van der Waals surface area contributed by atoms with E-state index in [1.165, 1.54) is 19.1 Å². The third-order valence-corrected chi connectivity index (χ3v) is 4.27. The first-order chi connectivity index (χ1) is 15.2. The van der Waals surface area contributed by atoms with Crippen LogP contribution >= 0.6 is 0 Å². The van der Waals surface area contributed by atoms with Crippen LogP contribution in [0.5, 0.6) is 11.5 Å². The minimum atomic E-state index is -0.621. The van der Waals surface area contributed by atoms with Crippen LogP contribution in [-0.4, -0.2) is 11.9 Å². The monoisotopic (exact) mass is 432 g/mol. The second-order valence-corrected chi connectivity index (χ2v) is 7.09. The van der Waals surface area contributed by atoms with E-state index in [9.17, 15) is 14.0 Å². The van der Waals surface area contributed by atoms with Gasteiger partial charge in [-0.3, -0.25) is 0 Å². The van der Waals surface area contributed by atoms with Gasteiger partial charge in [0.2, 0.25) is 0 Å². The maximum Gasteiger partial charge on any atom is 0.338 e. The molecule has 0 spiro atoms. The highest BCUT2D eigenvalue weighted by atomic mass is 19.1. The molecule has 0 atom stereocenters. The molecule has 0 saturated heterocycles. The number of esters is 2. The predicted octanol–water partition coefficient (Wildman–Crippen LogP) is 6.22. The molecule has 0 aliphatic heterocycles. The van der Waals surface area contributed by atoms with Crippen molar-refractivity contribution in [1.82, 2.24) is 0 Å². The summed E-state index contributed by atoms with van der Waals surface area (Å²) in [6.45, 7) is 10.1.